The minimum absolute atomic E-state index is 0.193. The maximum absolute atomic E-state index is 13.0. The molecule has 34 heavy (non-hydrogen) atoms. The molecule has 174 valence electrons. The maximum Gasteiger partial charge on any atom is 0.350 e. The summed E-state index contributed by atoms with van der Waals surface area (Å²) in [6.07, 6.45) is -0.754. The number of carbonyl (C=O) groups excluding carboxylic acids is 2. The number of aromatic nitrogens is 3. The normalized spacial score (nSPS) is 17.7. The Labute approximate surface area is 193 Å². The highest BCUT2D eigenvalue weighted by atomic mass is 16.5. The van der Waals surface area contributed by atoms with Gasteiger partial charge < -0.3 is 14.6 Å². The first-order valence-corrected chi connectivity index (χ1v) is 11.1. The molecule has 6 rings (SSSR count). The number of carbonyl (C=O) groups is 2. The number of rotatable bonds is 4. The van der Waals surface area contributed by atoms with Crippen molar-refractivity contribution in [1.82, 2.24) is 19.2 Å². The van der Waals surface area contributed by atoms with E-state index >= 15 is 0 Å². The fraction of sp³-hybridized carbons (Fsp3) is 0.333. The number of cyclic esters (lactones) is 2. The van der Waals surface area contributed by atoms with E-state index in [-0.39, 0.29) is 30.8 Å². The highest BCUT2D eigenvalue weighted by molar-refractivity contribution is 5.94. The average molecular weight is 462 g/mol. The Morgan fingerprint density at radius 2 is 1.79 bits per heavy atom. The molecule has 10 nitrogen and oxygen atoms in total. The van der Waals surface area contributed by atoms with Gasteiger partial charge in [-0.05, 0) is 42.3 Å². The number of β-amino-alcohol motifs (C(OH)–C–C–N with tert-alkyl or cyclic N) is 1. The van der Waals surface area contributed by atoms with E-state index in [0.29, 0.717) is 48.8 Å². The smallest absolute Gasteiger partial charge is 0.350 e. The molecule has 0 fully saturated rings. The van der Waals surface area contributed by atoms with E-state index in [4.69, 9.17) is 9.47 Å². The number of aliphatic hydroxyl groups is 1. The number of nitrogens with zero attached hydrogens (tertiary/aromatic N) is 4. The van der Waals surface area contributed by atoms with Gasteiger partial charge in [-0.25, -0.2) is 14.4 Å². The van der Waals surface area contributed by atoms with Crippen LogP contribution in [0.5, 0.6) is 0 Å². The van der Waals surface area contributed by atoms with Crippen molar-refractivity contribution >= 4 is 11.9 Å². The molecular formula is C24H22N4O6. The van der Waals surface area contributed by atoms with Gasteiger partial charge in [-0.15, -0.1) is 5.10 Å². The summed E-state index contributed by atoms with van der Waals surface area (Å²) in [6.45, 7) is 4.15. The molecule has 10 heteroatoms. The molecule has 0 aliphatic carbocycles. The second-order valence-corrected chi connectivity index (χ2v) is 8.81. The Balaban J connectivity index is 1.22. The standard InChI is InChI=1S/C24H22N4O6/c1-13-16(4-5-18-19(13)12-34-23(18)31)20(29)9-26-6-7-27-21(10-26)25-28(24(27)32)15-2-3-17-14(8-15)11-33-22(17)30/h2-5,8,20,29H,6-7,9-12H2,1H3. The van der Waals surface area contributed by atoms with Gasteiger partial charge in [0.1, 0.15) is 19.0 Å². The first kappa shape index (κ1) is 20.8. The van der Waals surface area contributed by atoms with Gasteiger partial charge in [-0.3, -0.25) is 9.47 Å². The third-order valence-electron chi connectivity index (χ3n) is 6.85. The van der Waals surface area contributed by atoms with Crippen LogP contribution in [0.1, 0.15) is 54.9 Å². The first-order valence-electron chi connectivity index (χ1n) is 11.1. The van der Waals surface area contributed by atoms with Gasteiger partial charge in [-0.1, -0.05) is 6.07 Å². The predicted molar refractivity (Wildman–Crippen MR) is 117 cm³/mol. The number of hydrogen-bond donors (Lipinski definition) is 1. The molecule has 1 atom stereocenters. The Morgan fingerprint density at radius 1 is 1.03 bits per heavy atom. The second kappa shape index (κ2) is 7.64. The summed E-state index contributed by atoms with van der Waals surface area (Å²) >= 11 is 0. The first-order chi connectivity index (χ1) is 16.4. The van der Waals surface area contributed by atoms with Gasteiger partial charge in [0.05, 0.1) is 29.5 Å². The van der Waals surface area contributed by atoms with E-state index in [1.54, 1.807) is 34.9 Å². The average Bonchev–Trinajstić information content (AvgIpc) is 3.49. The molecule has 0 bridgehead atoms. The number of hydrogen-bond acceptors (Lipinski definition) is 8. The van der Waals surface area contributed by atoms with Crippen LogP contribution in [0, 0.1) is 6.92 Å². The number of fused-ring (bicyclic) bond motifs is 3. The van der Waals surface area contributed by atoms with Crippen molar-refractivity contribution in [3.05, 3.63) is 80.0 Å². The summed E-state index contributed by atoms with van der Waals surface area (Å²) in [7, 11) is 0. The quantitative estimate of drug-likeness (QED) is 0.576. The molecule has 1 unspecified atom stereocenters. The van der Waals surface area contributed by atoms with Gasteiger partial charge in [0.2, 0.25) is 0 Å². The summed E-state index contributed by atoms with van der Waals surface area (Å²) in [4.78, 5) is 38.5. The number of aliphatic hydroxyl groups excluding tert-OH is 1. The van der Waals surface area contributed by atoms with Gasteiger partial charge in [0.25, 0.3) is 0 Å². The zero-order valence-corrected chi connectivity index (χ0v) is 18.5. The van der Waals surface area contributed by atoms with Crippen LogP contribution in [0.15, 0.2) is 35.1 Å². The molecule has 0 radical (unpaired) electrons. The second-order valence-electron chi connectivity index (χ2n) is 8.81. The van der Waals surface area contributed by atoms with E-state index in [2.05, 4.69) is 10.00 Å². The monoisotopic (exact) mass is 462 g/mol. The van der Waals surface area contributed by atoms with Crippen molar-refractivity contribution in [1.29, 1.82) is 0 Å². The summed E-state index contributed by atoms with van der Waals surface area (Å²) in [5.41, 5.74) is 4.62. The highest BCUT2D eigenvalue weighted by Crippen LogP contribution is 2.30. The lowest BCUT2D eigenvalue weighted by molar-refractivity contribution is 0.0526. The third kappa shape index (κ3) is 3.17. The Morgan fingerprint density at radius 3 is 2.65 bits per heavy atom. The molecule has 0 spiro atoms. The van der Waals surface area contributed by atoms with E-state index in [1.807, 2.05) is 6.92 Å². The minimum atomic E-state index is -0.754. The lowest BCUT2D eigenvalue weighted by atomic mass is 9.95. The number of benzene rings is 2. The Hall–Kier alpha value is -3.76. The lowest BCUT2D eigenvalue weighted by Gasteiger charge is -2.29. The largest absolute Gasteiger partial charge is 0.457 e. The molecule has 0 saturated heterocycles. The molecule has 4 heterocycles. The van der Waals surface area contributed by atoms with Crippen molar-refractivity contribution in [2.75, 3.05) is 13.1 Å². The van der Waals surface area contributed by atoms with Crippen LogP contribution in [-0.4, -0.2) is 49.4 Å². The summed E-state index contributed by atoms with van der Waals surface area (Å²) < 4.78 is 13.1. The molecule has 1 aromatic heterocycles. The summed E-state index contributed by atoms with van der Waals surface area (Å²) in [5.74, 6) is -0.0721. The van der Waals surface area contributed by atoms with E-state index in [1.165, 1.54) is 4.68 Å². The SMILES string of the molecule is Cc1c(C(O)CN2CCn3c(nn(-c4ccc5c(c4)COC5=O)c3=O)C2)ccc2c1COC2=O. The molecule has 0 amide bonds. The van der Waals surface area contributed by atoms with Crippen LogP contribution >= 0.6 is 0 Å². The van der Waals surface area contributed by atoms with Crippen LogP contribution in [-0.2, 0) is 35.8 Å². The van der Waals surface area contributed by atoms with Gasteiger partial charge >= 0.3 is 17.6 Å². The Kier molecular flexibility index (Phi) is 4.68. The molecule has 3 aliphatic rings. The summed E-state index contributed by atoms with van der Waals surface area (Å²) in [6, 6.07) is 8.60. The fourth-order valence-electron chi connectivity index (χ4n) is 4.95. The Bertz CT molecular complexity index is 1420. The van der Waals surface area contributed by atoms with Crippen molar-refractivity contribution in [3.63, 3.8) is 0 Å². The predicted octanol–water partition coefficient (Wildman–Crippen LogP) is 1.23. The fourth-order valence-corrected chi connectivity index (χ4v) is 4.95. The van der Waals surface area contributed by atoms with Crippen molar-refractivity contribution in [3.8, 4) is 5.69 Å². The zero-order chi connectivity index (χ0) is 23.6. The molecule has 3 aliphatic heterocycles. The van der Waals surface area contributed by atoms with Crippen LogP contribution in [0.25, 0.3) is 5.69 Å². The van der Waals surface area contributed by atoms with Crippen LogP contribution in [0.4, 0.5) is 0 Å². The third-order valence-corrected chi connectivity index (χ3v) is 6.85. The maximum atomic E-state index is 13.0. The molecule has 0 saturated carbocycles. The van der Waals surface area contributed by atoms with Crippen LogP contribution < -0.4 is 5.69 Å². The molecule has 1 N–H and O–H groups in total. The number of esters is 2. The van der Waals surface area contributed by atoms with Crippen LogP contribution in [0.2, 0.25) is 0 Å². The van der Waals surface area contributed by atoms with Gasteiger partial charge in [-0.2, -0.15) is 4.68 Å². The van der Waals surface area contributed by atoms with Crippen molar-refractivity contribution < 1.29 is 24.2 Å². The van der Waals surface area contributed by atoms with E-state index in [9.17, 15) is 19.5 Å². The lowest BCUT2D eigenvalue weighted by Crippen LogP contribution is -2.39. The van der Waals surface area contributed by atoms with E-state index in [0.717, 1.165) is 22.3 Å². The minimum Gasteiger partial charge on any atom is -0.457 e. The zero-order valence-electron chi connectivity index (χ0n) is 18.5. The molecule has 3 aromatic rings. The molecule has 2 aromatic carbocycles. The van der Waals surface area contributed by atoms with Crippen molar-refractivity contribution in [2.45, 2.75) is 39.3 Å². The topological polar surface area (TPSA) is 116 Å². The number of ether oxygens (including phenoxy) is 2. The molecular weight excluding hydrogens is 440 g/mol. The van der Waals surface area contributed by atoms with Crippen molar-refractivity contribution in [2.24, 2.45) is 0 Å². The van der Waals surface area contributed by atoms with Gasteiger partial charge in [0, 0.05) is 30.8 Å². The van der Waals surface area contributed by atoms with Crippen LogP contribution in [0.3, 0.4) is 0 Å². The van der Waals surface area contributed by atoms with E-state index < -0.39 is 6.10 Å². The highest BCUT2D eigenvalue weighted by Gasteiger charge is 2.29. The summed E-state index contributed by atoms with van der Waals surface area (Å²) in [5, 5.41) is 15.5. The van der Waals surface area contributed by atoms with Gasteiger partial charge in [0.15, 0.2) is 0 Å².